The first-order valence-corrected chi connectivity index (χ1v) is 13.7. The Morgan fingerprint density at radius 2 is 1.80 bits per heavy atom. The molecule has 3 heterocycles. The van der Waals surface area contributed by atoms with Crippen molar-refractivity contribution < 1.29 is 5.11 Å². The maximum Gasteiger partial charge on any atom is 0.224 e. The predicted molar refractivity (Wildman–Crippen MR) is 144 cm³/mol. The smallest absolute Gasteiger partial charge is 0.224 e. The number of aromatic nitrogens is 3. The molecule has 5 rings (SSSR count). The standard InChI is InChI=1S/C29H41N5O/c1-3-7-21(2)31-29-30-18-26-27(20-34(28(26)32-29)24-12-14-25(35)15-13-24)23-10-8-22(9-11-23)19-33-16-5-4-6-17-33/h8-11,18,20-21,24-25,35H,3-7,12-17,19H2,1-2H3,(H,30,31,32). The zero-order valence-electron chi connectivity index (χ0n) is 21.4. The Morgan fingerprint density at radius 3 is 2.51 bits per heavy atom. The van der Waals surface area contributed by atoms with Gasteiger partial charge in [-0.1, -0.05) is 44.0 Å². The molecule has 2 N–H and O–H groups in total. The lowest BCUT2D eigenvalue weighted by molar-refractivity contribution is 0.111. The number of fused-ring (bicyclic) bond motifs is 1. The first kappa shape index (κ1) is 24.3. The van der Waals surface area contributed by atoms with E-state index in [4.69, 9.17) is 9.97 Å². The predicted octanol–water partition coefficient (Wildman–Crippen LogP) is 6.16. The number of aliphatic hydroxyl groups excluding tert-OH is 1. The van der Waals surface area contributed by atoms with Crippen molar-refractivity contribution in [2.24, 2.45) is 0 Å². The first-order valence-electron chi connectivity index (χ1n) is 13.7. The van der Waals surface area contributed by atoms with Crippen molar-refractivity contribution in [2.75, 3.05) is 18.4 Å². The van der Waals surface area contributed by atoms with E-state index in [2.05, 4.69) is 59.1 Å². The van der Waals surface area contributed by atoms with Gasteiger partial charge in [-0.05, 0) is 76.1 Å². The maximum absolute atomic E-state index is 10.1. The third kappa shape index (κ3) is 5.70. The van der Waals surface area contributed by atoms with Gasteiger partial charge >= 0.3 is 0 Å². The number of benzene rings is 1. The van der Waals surface area contributed by atoms with Gasteiger partial charge in [0.2, 0.25) is 5.95 Å². The summed E-state index contributed by atoms with van der Waals surface area (Å²) in [6, 6.07) is 9.80. The molecule has 1 aliphatic carbocycles. The van der Waals surface area contributed by atoms with E-state index in [1.54, 1.807) is 0 Å². The molecule has 0 bridgehead atoms. The Bertz CT molecular complexity index is 1090. The number of likely N-dealkylation sites (tertiary alicyclic amines) is 1. The van der Waals surface area contributed by atoms with Crippen LogP contribution in [0.15, 0.2) is 36.7 Å². The molecule has 6 nitrogen and oxygen atoms in total. The highest BCUT2D eigenvalue weighted by molar-refractivity contribution is 5.94. The molecule has 2 fully saturated rings. The lowest BCUT2D eigenvalue weighted by Gasteiger charge is -2.27. The molecule has 2 aromatic heterocycles. The monoisotopic (exact) mass is 475 g/mol. The third-order valence-electron chi connectivity index (χ3n) is 7.85. The Hall–Kier alpha value is -2.44. The summed E-state index contributed by atoms with van der Waals surface area (Å²) in [6.07, 6.45) is 14.0. The van der Waals surface area contributed by atoms with E-state index in [1.165, 1.54) is 49.0 Å². The summed E-state index contributed by atoms with van der Waals surface area (Å²) in [7, 11) is 0. The number of anilines is 1. The van der Waals surface area contributed by atoms with E-state index in [0.717, 1.165) is 56.1 Å². The summed E-state index contributed by atoms with van der Waals surface area (Å²) in [5, 5.41) is 14.7. The molecule has 3 aromatic rings. The minimum absolute atomic E-state index is 0.165. The number of hydrogen-bond acceptors (Lipinski definition) is 5. The SMILES string of the molecule is CCCC(C)Nc1ncc2c(-c3ccc(CN4CCCCC4)cc3)cn(C3CCC(O)CC3)c2n1. The van der Waals surface area contributed by atoms with Crippen LogP contribution in [0.4, 0.5) is 5.95 Å². The number of nitrogens with zero attached hydrogens (tertiary/aromatic N) is 4. The van der Waals surface area contributed by atoms with Crippen LogP contribution in [0.2, 0.25) is 0 Å². The Labute approximate surface area is 209 Å². The quantitative estimate of drug-likeness (QED) is 0.408. The zero-order chi connectivity index (χ0) is 24.2. The first-order chi connectivity index (χ1) is 17.1. The number of hydrogen-bond donors (Lipinski definition) is 2. The minimum atomic E-state index is -0.165. The van der Waals surface area contributed by atoms with Crippen LogP contribution in [0.3, 0.4) is 0 Å². The van der Waals surface area contributed by atoms with E-state index < -0.39 is 0 Å². The second-order valence-corrected chi connectivity index (χ2v) is 10.7. The highest BCUT2D eigenvalue weighted by Gasteiger charge is 2.24. The molecule has 0 radical (unpaired) electrons. The lowest BCUT2D eigenvalue weighted by atomic mass is 9.93. The van der Waals surface area contributed by atoms with Crippen LogP contribution >= 0.6 is 0 Å². The van der Waals surface area contributed by atoms with Gasteiger partial charge in [0.1, 0.15) is 5.65 Å². The molecule has 0 spiro atoms. The normalized spacial score (nSPS) is 22.4. The average Bonchev–Trinajstić information content (AvgIpc) is 3.24. The van der Waals surface area contributed by atoms with Crippen molar-refractivity contribution in [1.82, 2.24) is 19.4 Å². The molecule has 1 saturated heterocycles. The highest BCUT2D eigenvalue weighted by Crippen LogP contribution is 2.37. The summed E-state index contributed by atoms with van der Waals surface area (Å²) < 4.78 is 2.36. The van der Waals surface area contributed by atoms with Gasteiger partial charge in [-0.15, -0.1) is 0 Å². The van der Waals surface area contributed by atoms with Crippen molar-refractivity contribution >= 4 is 17.0 Å². The van der Waals surface area contributed by atoms with E-state index in [-0.39, 0.29) is 6.10 Å². The summed E-state index contributed by atoms with van der Waals surface area (Å²) in [5.41, 5.74) is 4.80. The van der Waals surface area contributed by atoms with Crippen LogP contribution in [0.1, 0.15) is 83.2 Å². The second kappa shape index (κ2) is 11.1. The molecule has 188 valence electrons. The molecule has 1 aliphatic heterocycles. The molecule has 35 heavy (non-hydrogen) atoms. The molecule has 1 unspecified atom stereocenters. The number of rotatable bonds is 8. The van der Waals surface area contributed by atoms with Crippen LogP contribution in [-0.4, -0.2) is 49.8 Å². The van der Waals surface area contributed by atoms with Crippen molar-refractivity contribution in [2.45, 2.75) is 96.4 Å². The van der Waals surface area contributed by atoms with Crippen molar-refractivity contribution in [3.05, 3.63) is 42.2 Å². The largest absolute Gasteiger partial charge is 0.393 e. The van der Waals surface area contributed by atoms with E-state index >= 15 is 0 Å². The van der Waals surface area contributed by atoms with Crippen LogP contribution < -0.4 is 5.32 Å². The number of piperidine rings is 1. The molecule has 1 atom stereocenters. The topological polar surface area (TPSA) is 66.2 Å². The van der Waals surface area contributed by atoms with Crippen LogP contribution in [0, 0.1) is 0 Å². The Balaban J connectivity index is 1.45. The van der Waals surface area contributed by atoms with Gasteiger partial charge in [0.05, 0.1) is 6.10 Å². The van der Waals surface area contributed by atoms with Crippen molar-refractivity contribution in [3.63, 3.8) is 0 Å². The molecular weight excluding hydrogens is 434 g/mol. The summed E-state index contributed by atoms with van der Waals surface area (Å²) in [6.45, 7) is 7.87. The van der Waals surface area contributed by atoms with Crippen molar-refractivity contribution in [1.29, 1.82) is 0 Å². The average molecular weight is 476 g/mol. The van der Waals surface area contributed by atoms with Gasteiger partial charge in [0.15, 0.2) is 0 Å². The minimum Gasteiger partial charge on any atom is -0.393 e. The summed E-state index contributed by atoms with van der Waals surface area (Å²) in [4.78, 5) is 12.3. The Morgan fingerprint density at radius 1 is 1.06 bits per heavy atom. The molecule has 1 aromatic carbocycles. The van der Waals surface area contributed by atoms with Crippen molar-refractivity contribution in [3.8, 4) is 11.1 Å². The summed E-state index contributed by atoms with van der Waals surface area (Å²) in [5.74, 6) is 0.706. The molecule has 0 amide bonds. The second-order valence-electron chi connectivity index (χ2n) is 10.7. The molecule has 6 heteroatoms. The van der Waals surface area contributed by atoms with E-state index in [0.29, 0.717) is 18.0 Å². The third-order valence-corrected chi connectivity index (χ3v) is 7.85. The van der Waals surface area contributed by atoms with Gasteiger partial charge < -0.3 is 15.0 Å². The summed E-state index contributed by atoms with van der Waals surface area (Å²) >= 11 is 0. The fourth-order valence-electron chi connectivity index (χ4n) is 5.83. The van der Waals surface area contributed by atoms with Gasteiger partial charge in [0, 0.05) is 42.0 Å². The number of nitrogens with one attached hydrogen (secondary N) is 1. The number of aliphatic hydroxyl groups is 1. The van der Waals surface area contributed by atoms with E-state index in [1.807, 2.05) is 6.20 Å². The van der Waals surface area contributed by atoms with Gasteiger partial charge in [-0.25, -0.2) is 4.98 Å². The van der Waals surface area contributed by atoms with Crippen LogP contribution in [0.5, 0.6) is 0 Å². The molecule has 1 saturated carbocycles. The zero-order valence-corrected chi connectivity index (χ0v) is 21.4. The van der Waals surface area contributed by atoms with Gasteiger partial charge in [-0.3, -0.25) is 4.90 Å². The maximum atomic E-state index is 10.1. The lowest BCUT2D eigenvalue weighted by Crippen LogP contribution is -2.28. The fourth-order valence-corrected chi connectivity index (χ4v) is 5.83. The molecular formula is C29H41N5O. The van der Waals surface area contributed by atoms with Crippen LogP contribution in [0.25, 0.3) is 22.2 Å². The highest BCUT2D eigenvalue weighted by atomic mass is 16.3. The van der Waals surface area contributed by atoms with Crippen LogP contribution in [-0.2, 0) is 6.54 Å². The fraction of sp³-hybridized carbons (Fsp3) is 0.586. The van der Waals surface area contributed by atoms with E-state index in [9.17, 15) is 5.11 Å². The molecule has 2 aliphatic rings. The van der Waals surface area contributed by atoms with Gasteiger partial charge in [-0.2, -0.15) is 4.98 Å². The van der Waals surface area contributed by atoms with Gasteiger partial charge in [0.25, 0.3) is 0 Å². The Kier molecular flexibility index (Phi) is 7.69.